The number of nitrogens with zero attached hydrogens (tertiary/aromatic N) is 2. The molecule has 1 aromatic carbocycles. The molecule has 0 unspecified atom stereocenters. The van der Waals surface area contributed by atoms with Crippen LogP contribution in [0.1, 0.15) is 31.2 Å². The van der Waals surface area contributed by atoms with Gasteiger partial charge in [-0.25, -0.2) is 4.39 Å². The van der Waals surface area contributed by atoms with Crippen LogP contribution in [0.5, 0.6) is 0 Å². The van der Waals surface area contributed by atoms with E-state index in [1.807, 2.05) is 12.1 Å². The third kappa shape index (κ3) is 3.44. The largest absolute Gasteiger partial charge is 0.375 e. The summed E-state index contributed by atoms with van der Waals surface area (Å²) < 4.78 is 19.7. The van der Waals surface area contributed by atoms with Gasteiger partial charge in [0.15, 0.2) is 0 Å². The van der Waals surface area contributed by atoms with Gasteiger partial charge in [0.2, 0.25) is 0 Å². The molecule has 1 saturated carbocycles. The molecule has 4 heteroatoms. The van der Waals surface area contributed by atoms with Crippen LogP contribution >= 0.6 is 0 Å². The molecule has 0 amide bonds. The molecule has 3 fully saturated rings. The van der Waals surface area contributed by atoms with Gasteiger partial charge < -0.3 is 9.64 Å². The minimum atomic E-state index is -0.134. The summed E-state index contributed by atoms with van der Waals surface area (Å²) in [5, 5.41) is 0. The van der Waals surface area contributed by atoms with Gasteiger partial charge in [-0.2, -0.15) is 0 Å². The predicted molar refractivity (Wildman–Crippen MR) is 88.7 cm³/mol. The Labute approximate surface area is 138 Å². The molecule has 3 aliphatic rings. The maximum absolute atomic E-state index is 13.4. The van der Waals surface area contributed by atoms with Crippen LogP contribution in [0.3, 0.4) is 0 Å². The van der Waals surface area contributed by atoms with Crippen molar-refractivity contribution < 1.29 is 9.13 Å². The molecule has 0 N–H and O–H groups in total. The predicted octanol–water partition coefficient (Wildman–Crippen LogP) is 2.90. The van der Waals surface area contributed by atoms with Crippen molar-refractivity contribution in [3.63, 3.8) is 0 Å². The van der Waals surface area contributed by atoms with Crippen molar-refractivity contribution >= 4 is 0 Å². The molecule has 2 saturated heterocycles. The van der Waals surface area contributed by atoms with Crippen LogP contribution < -0.4 is 0 Å². The Hall–Kier alpha value is -0.970. The van der Waals surface area contributed by atoms with Gasteiger partial charge in [-0.15, -0.1) is 0 Å². The van der Waals surface area contributed by atoms with E-state index in [-0.39, 0.29) is 5.82 Å². The topological polar surface area (TPSA) is 15.7 Å². The molecule has 2 heterocycles. The van der Waals surface area contributed by atoms with Crippen molar-refractivity contribution in [2.75, 3.05) is 32.8 Å². The smallest absolute Gasteiger partial charge is 0.123 e. The highest BCUT2D eigenvalue weighted by atomic mass is 19.1. The first-order valence-electron chi connectivity index (χ1n) is 9.12. The van der Waals surface area contributed by atoms with Crippen LogP contribution in [0.25, 0.3) is 0 Å². The Morgan fingerprint density at radius 2 is 2.04 bits per heavy atom. The lowest BCUT2D eigenvalue weighted by Gasteiger charge is -2.27. The number of rotatable bonds is 6. The van der Waals surface area contributed by atoms with E-state index in [0.29, 0.717) is 18.1 Å². The normalized spacial score (nSPS) is 31.3. The number of halogens is 1. The van der Waals surface area contributed by atoms with Gasteiger partial charge in [0.05, 0.1) is 12.7 Å². The van der Waals surface area contributed by atoms with Crippen molar-refractivity contribution in [3.05, 3.63) is 35.6 Å². The van der Waals surface area contributed by atoms with Crippen LogP contribution in [0.2, 0.25) is 0 Å². The van der Waals surface area contributed by atoms with Crippen molar-refractivity contribution in [1.29, 1.82) is 0 Å². The second-order valence-corrected chi connectivity index (χ2v) is 7.35. The van der Waals surface area contributed by atoms with Crippen molar-refractivity contribution in [1.82, 2.24) is 9.80 Å². The first-order valence-corrected chi connectivity index (χ1v) is 9.12. The zero-order chi connectivity index (χ0) is 15.6. The van der Waals surface area contributed by atoms with Gasteiger partial charge in [-0.05, 0) is 62.4 Å². The van der Waals surface area contributed by atoms with E-state index in [1.165, 1.54) is 44.8 Å². The number of likely N-dealkylation sites (tertiary alicyclic amines) is 2. The van der Waals surface area contributed by atoms with E-state index >= 15 is 0 Å². The number of piperidine rings is 1. The molecule has 2 aliphatic heterocycles. The zero-order valence-electron chi connectivity index (χ0n) is 13.8. The van der Waals surface area contributed by atoms with E-state index < -0.39 is 0 Å². The molecule has 0 radical (unpaired) electrons. The van der Waals surface area contributed by atoms with Crippen molar-refractivity contribution in [2.24, 2.45) is 5.92 Å². The van der Waals surface area contributed by atoms with Gasteiger partial charge in [0.25, 0.3) is 0 Å². The molecule has 3 nitrogen and oxygen atoms in total. The lowest BCUT2D eigenvalue weighted by Crippen LogP contribution is -2.35. The molecule has 1 aromatic rings. The second kappa shape index (κ2) is 6.88. The summed E-state index contributed by atoms with van der Waals surface area (Å²) >= 11 is 0. The summed E-state index contributed by atoms with van der Waals surface area (Å²) in [6, 6.07) is 7.54. The van der Waals surface area contributed by atoms with E-state index in [2.05, 4.69) is 9.80 Å². The average Bonchev–Trinajstić information content (AvgIpc) is 3.24. The number of ether oxygens (including phenoxy) is 1. The molecule has 126 valence electrons. The summed E-state index contributed by atoms with van der Waals surface area (Å²) in [6.07, 6.45) is 5.60. The Morgan fingerprint density at radius 1 is 1.17 bits per heavy atom. The highest BCUT2D eigenvalue weighted by Crippen LogP contribution is 2.40. The van der Waals surface area contributed by atoms with Gasteiger partial charge in [0, 0.05) is 25.7 Å². The third-order valence-corrected chi connectivity index (χ3v) is 5.81. The summed E-state index contributed by atoms with van der Waals surface area (Å²) in [5.41, 5.74) is 1.08. The number of hydrogen-bond donors (Lipinski definition) is 0. The van der Waals surface area contributed by atoms with Crippen LogP contribution in [0.4, 0.5) is 4.39 Å². The van der Waals surface area contributed by atoms with E-state index in [9.17, 15) is 4.39 Å². The van der Waals surface area contributed by atoms with Crippen LogP contribution in [-0.4, -0.2) is 54.7 Å². The van der Waals surface area contributed by atoms with Crippen molar-refractivity contribution in [3.8, 4) is 0 Å². The molecule has 4 rings (SSSR count). The zero-order valence-corrected chi connectivity index (χ0v) is 13.8. The number of fused-ring (bicyclic) bond motifs is 2. The fraction of sp³-hybridized carbons (Fsp3) is 0.684. The van der Waals surface area contributed by atoms with Crippen LogP contribution in [-0.2, 0) is 11.3 Å². The van der Waals surface area contributed by atoms with E-state index in [4.69, 9.17) is 4.74 Å². The van der Waals surface area contributed by atoms with Gasteiger partial charge >= 0.3 is 0 Å². The van der Waals surface area contributed by atoms with Gasteiger partial charge in [-0.1, -0.05) is 12.1 Å². The molecule has 3 atom stereocenters. The van der Waals surface area contributed by atoms with Gasteiger partial charge in [0.1, 0.15) is 5.82 Å². The molecule has 1 aliphatic carbocycles. The minimum absolute atomic E-state index is 0.134. The minimum Gasteiger partial charge on any atom is -0.375 e. The molecular formula is C19H27FN2O. The quantitative estimate of drug-likeness (QED) is 0.802. The SMILES string of the molecule is Fc1cccc(CN2C[C@H]3CC[C@H]2[C@H]3OCCN2CCCC2)c1. The maximum Gasteiger partial charge on any atom is 0.123 e. The highest BCUT2D eigenvalue weighted by Gasteiger charge is 2.47. The van der Waals surface area contributed by atoms with E-state index in [1.54, 1.807) is 6.07 Å². The first kappa shape index (κ1) is 15.6. The summed E-state index contributed by atoms with van der Waals surface area (Å²) in [7, 11) is 0. The molecule has 23 heavy (non-hydrogen) atoms. The maximum atomic E-state index is 13.4. The van der Waals surface area contributed by atoms with E-state index in [0.717, 1.165) is 31.8 Å². The third-order valence-electron chi connectivity index (χ3n) is 5.81. The fourth-order valence-electron chi connectivity index (χ4n) is 4.67. The fourth-order valence-corrected chi connectivity index (χ4v) is 4.67. The Kier molecular flexibility index (Phi) is 4.65. The lowest BCUT2D eigenvalue weighted by atomic mass is 10.1. The number of hydrogen-bond acceptors (Lipinski definition) is 3. The van der Waals surface area contributed by atoms with Gasteiger partial charge in [-0.3, -0.25) is 4.90 Å². The summed E-state index contributed by atoms with van der Waals surface area (Å²) in [6.45, 7) is 6.39. The lowest BCUT2D eigenvalue weighted by molar-refractivity contribution is 0.0174. The Bertz CT molecular complexity index is 532. The molecule has 2 bridgehead atoms. The second-order valence-electron chi connectivity index (χ2n) is 7.35. The monoisotopic (exact) mass is 318 g/mol. The Balaban J connectivity index is 1.30. The summed E-state index contributed by atoms with van der Waals surface area (Å²) in [4.78, 5) is 5.02. The van der Waals surface area contributed by atoms with Crippen LogP contribution in [0, 0.1) is 11.7 Å². The molecule has 0 aromatic heterocycles. The Morgan fingerprint density at radius 3 is 2.87 bits per heavy atom. The average molecular weight is 318 g/mol. The summed E-state index contributed by atoms with van der Waals surface area (Å²) in [5.74, 6) is 0.539. The van der Waals surface area contributed by atoms with Crippen molar-refractivity contribution in [2.45, 2.75) is 44.4 Å². The highest BCUT2D eigenvalue weighted by molar-refractivity contribution is 5.17. The molecule has 0 spiro atoms. The first-order chi connectivity index (χ1) is 11.3. The standard InChI is InChI=1S/C19H27FN2O/c20-17-5-3-4-15(12-17)13-22-14-16-6-7-18(22)19(16)23-11-10-21-8-1-2-9-21/h3-5,12,16,18-19H,1-2,6-11,13-14H2/t16-,18+,19+/m1/s1. The van der Waals surface area contributed by atoms with Crippen LogP contribution in [0.15, 0.2) is 24.3 Å². The number of benzene rings is 1. The molecular weight excluding hydrogens is 291 g/mol.